The van der Waals surface area contributed by atoms with Crippen molar-refractivity contribution in [3.8, 4) is 0 Å². The van der Waals surface area contributed by atoms with Gasteiger partial charge in [0, 0.05) is 5.39 Å². The molecule has 31 heavy (non-hydrogen) atoms. The maximum atomic E-state index is 14.5. The molecule has 3 aromatic rings. The number of fused-ring (bicyclic) bond motifs is 1. The van der Waals surface area contributed by atoms with Crippen LogP contribution in [0.4, 0.5) is 8.78 Å². The fourth-order valence-corrected chi connectivity index (χ4v) is 5.28. The quantitative estimate of drug-likeness (QED) is 0.359. The van der Waals surface area contributed by atoms with Crippen molar-refractivity contribution in [3.63, 3.8) is 0 Å². The lowest BCUT2D eigenvalue weighted by Crippen LogP contribution is -2.13. The van der Waals surface area contributed by atoms with Crippen LogP contribution in [0, 0.1) is 17.6 Å². The molecule has 0 aliphatic heterocycles. The van der Waals surface area contributed by atoms with Crippen LogP contribution in [0.5, 0.6) is 0 Å². The fourth-order valence-electron chi connectivity index (χ4n) is 5.28. The summed E-state index contributed by atoms with van der Waals surface area (Å²) in [5.41, 5.74) is 4.27. The zero-order valence-electron chi connectivity index (χ0n) is 18.9. The highest BCUT2D eigenvalue weighted by Gasteiger charge is 2.21. The molecule has 0 heterocycles. The maximum Gasteiger partial charge on any atom is 0.166 e. The van der Waals surface area contributed by atoms with E-state index in [1.807, 2.05) is 25.1 Å². The predicted octanol–water partition coefficient (Wildman–Crippen LogP) is 8.54. The van der Waals surface area contributed by atoms with Crippen LogP contribution in [0.3, 0.4) is 0 Å². The van der Waals surface area contributed by atoms with Gasteiger partial charge in [-0.15, -0.1) is 0 Å². The molecule has 0 atom stereocenters. The van der Waals surface area contributed by atoms with Crippen molar-refractivity contribution in [2.45, 2.75) is 77.6 Å². The average molecular weight is 421 g/mol. The Hall–Kier alpha value is -2.22. The minimum atomic E-state index is -0.714. The molecule has 0 unspecified atom stereocenters. The lowest BCUT2D eigenvalue weighted by atomic mass is 9.77. The molecule has 0 bridgehead atoms. The van der Waals surface area contributed by atoms with Gasteiger partial charge in [0.25, 0.3) is 0 Å². The van der Waals surface area contributed by atoms with E-state index in [-0.39, 0.29) is 0 Å². The zero-order chi connectivity index (χ0) is 21.8. The molecule has 0 N–H and O–H groups in total. The Labute approximate surface area is 185 Å². The molecule has 0 saturated heterocycles. The lowest BCUT2D eigenvalue weighted by molar-refractivity contribution is 0.308. The number of hydrogen-bond donors (Lipinski definition) is 0. The second-order valence-corrected chi connectivity index (χ2v) is 9.32. The van der Waals surface area contributed by atoms with Crippen LogP contribution in [-0.4, -0.2) is 0 Å². The van der Waals surface area contributed by atoms with Gasteiger partial charge in [0.1, 0.15) is 0 Å². The molecule has 1 saturated carbocycles. The van der Waals surface area contributed by atoms with Gasteiger partial charge >= 0.3 is 0 Å². The van der Waals surface area contributed by atoms with Crippen molar-refractivity contribution in [2.24, 2.45) is 5.92 Å². The van der Waals surface area contributed by atoms with Crippen LogP contribution in [0.15, 0.2) is 48.5 Å². The third-order valence-corrected chi connectivity index (χ3v) is 7.24. The molecule has 0 radical (unpaired) electrons. The molecular weight excluding hydrogens is 386 g/mol. The van der Waals surface area contributed by atoms with Crippen molar-refractivity contribution in [1.82, 2.24) is 0 Å². The molecule has 0 spiro atoms. The number of halogens is 2. The smallest absolute Gasteiger partial charge is 0.166 e. The van der Waals surface area contributed by atoms with Crippen molar-refractivity contribution >= 4 is 10.8 Å². The topological polar surface area (TPSA) is 0 Å². The van der Waals surface area contributed by atoms with E-state index >= 15 is 0 Å². The minimum Gasteiger partial charge on any atom is -0.203 e. The lowest BCUT2D eigenvalue weighted by Gasteiger charge is -2.28. The Morgan fingerprint density at radius 1 is 0.774 bits per heavy atom. The van der Waals surface area contributed by atoms with Gasteiger partial charge in [-0.25, -0.2) is 8.78 Å². The van der Waals surface area contributed by atoms with Gasteiger partial charge in [-0.2, -0.15) is 0 Å². The fraction of sp³-hybridized carbons (Fsp3) is 0.448. The van der Waals surface area contributed by atoms with E-state index < -0.39 is 11.6 Å². The third-order valence-electron chi connectivity index (χ3n) is 7.24. The van der Waals surface area contributed by atoms with E-state index in [0.29, 0.717) is 23.3 Å². The van der Waals surface area contributed by atoms with E-state index in [1.54, 1.807) is 6.07 Å². The number of aryl methyl sites for hydroxylation is 3. The Morgan fingerprint density at radius 3 is 2.13 bits per heavy atom. The van der Waals surface area contributed by atoms with Crippen LogP contribution in [-0.2, 0) is 19.3 Å². The third kappa shape index (κ3) is 5.00. The summed E-state index contributed by atoms with van der Waals surface area (Å²) in [6.07, 6.45) is 10.3. The molecule has 0 amide bonds. The molecule has 4 rings (SSSR count). The highest BCUT2D eigenvalue weighted by Crippen LogP contribution is 2.37. The summed E-state index contributed by atoms with van der Waals surface area (Å²) < 4.78 is 28.7. The predicted molar refractivity (Wildman–Crippen MR) is 127 cm³/mol. The summed E-state index contributed by atoms with van der Waals surface area (Å²) in [6.45, 7) is 4.14. The minimum absolute atomic E-state index is 0.390. The first kappa shape index (κ1) is 22.0. The van der Waals surface area contributed by atoms with E-state index in [2.05, 4.69) is 31.2 Å². The average Bonchev–Trinajstić information content (AvgIpc) is 2.81. The number of hydrogen-bond acceptors (Lipinski definition) is 0. The molecule has 0 nitrogen and oxygen atoms in total. The summed E-state index contributed by atoms with van der Waals surface area (Å²) in [7, 11) is 0. The van der Waals surface area contributed by atoms with Gasteiger partial charge in [-0.05, 0) is 96.6 Å². The van der Waals surface area contributed by atoms with Crippen LogP contribution in [0.25, 0.3) is 10.8 Å². The maximum absolute atomic E-state index is 14.5. The Bertz CT molecular complexity index is 1010. The molecule has 1 fully saturated rings. The summed E-state index contributed by atoms with van der Waals surface area (Å²) in [6, 6.07) is 16.7. The van der Waals surface area contributed by atoms with Gasteiger partial charge in [-0.3, -0.25) is 0 Å². The van der Waals surface area contributed by atoms with E-state index in [1.165, 1.54) is 49.7 Å². The van der Waals surface area contributed by atoms with Crippen LogP contribution >= 0.6 is 0 Å². The highest BCUT2D eigenvalue weighted by atomic mass is 19.2. The van der Waals surface area contributed by atoms with Gasteiger partial charge in [-0.1, -0.05) is 63.1 Å². The van der Waals surface area contributed by atoms with Crippen LogP contribution < -0.4 is 0 Å². The molecule has 164 valence electrons. The molecule has 1 aliphatic carbocycles. The Balaban J connectivity index is 1.39. The molecule has 2 heteroatoms. The molecule has 0 aromatic heterocycles. The normalized spacial score (nSPS) is 19.1. The summed E-state index contributed by atoms with van der Waals surface area (Å²) in [5.74, 6) is 0.239. The van der Waals surface area contributed by atoms with Gasteiger partial charge in [0.2, 0.25) is 0 Å². The van der Waals surface area contributed by atoms with Crippen molar-refractivity contribution in [2.75, 3.05) is 0 Å². The molecule has 1 aliphatic rings. The molecule has 3 aromatic carbocycles. The first-order valence-electron chi connectivity index (χ1n) is 12.1. The number of benzene rings is 3. The highest BCUT2D eigenvalue weighted by molar-refractivity contribution is 5.84. The number of rotatable bonds is 7. The monoisotopic (exact) mass is 420 g/mol. The second kappa shape index (κ2) is 9.94. The molecular formula is C29H34F2. The van der Waals surface area contributed by atoms with Crippen molar-refractivity contribution < 1.29 is 8.78 Å². The van der Waals surface area contributed by atoms with Gasteiger partial charge < -0.3 is 0 Å². The Kier molecular flexibility index (Phi) is 7.05. The van der Waals surface area contributed by atoms with Gasteiger partial charge in [0.05, 0.1) is 0 Å². The van der Waals surface area contributed by atoms with Crippen molar-refractivity contribution in [1.29, 1.82) is 0 Å². The standard InChI is InChI=1S/C29H34F2/c1-3-5-20-8-13-24(14-9-20)25-15-10-21(11-16-25)6-7-22-12-17-26-19-23(4-2)28(30)29(31)27(26)18-22/h10-12,15-20,24H,3-9,13-14H2,1-2H3. The largest absolute Gasteiger partial charge is 0.203 e. The van der Waals surface area contributed by atoms with Crippen molar-refractivity contribution in [3.05, 3.63) is 82.4 Å². The summed E-state index contributed by atoms with van der Waals surface area (Å²) in [5, 5.41) is 1.17. The SMILES string of the molecule is CCCC1CCC(c2ccc(CCc3ccc4cc(CC)c(F)c(F)c4c3)cc2)CC1. The zero-order valence-corrected chi connectivity index (χ0v) is 18.9. The van der Waals surface area contributed by atoms with Crippen LogP contribution in [0.2, 0.25) is 0 Å². The van der Waals surface area contributed by atoms with Gasteiger partial charge in [0.15, 0.2) is 11.6 Å². The second-order valence-electron chi connectivity index (χ2n) is 9.32. The summed E-state index contributed by atoms with van der Waals surface area (Å²) in [4.78, 5) is 0. The van der Waals surface area contributed by atoms with E-state index in [0.717, 1.165) is 29.7 Å². The van der Waals surface area contributed by atoms with E-state index in [9.17, 15) is 8.78 Å². The first-order valence-corrected chi connectivity index (χ1v) is 12.1. The van der Waals surface area contributed by atoms with Crippen LogP contribution in [0.1, 0.15) is 80.5 Å². The van der Waals surface area contributed by atoms with E-state index in [4.69, 9.17) is 0 Å². The Morgan fingerprint density at radius 2 is 1.45 bits per heavy atom. The summed E-state index contributed by atoms with van der Waals surface area (Å²) >= 11 is 0. The first-order chi connectivity index (χ1) is 15.1.